The van der Waals surface area contributed by atoms with Crippen molar-refractivity contribution in [1.29, 1.82) is 0 Å². The van der Waals surface area contributed by atoms with E-state index in [-0.39, 0.29) is 11.6 Å². The molecule has 5 rings (SSSR count). The smallest absolute Gasteiger partial charge is 0.274 e. The third kappa shape index (κ3) is 3.79. The third-order valence-corrected chi connectivity index (χ3v) is 6.37. The first-order valence-electron chi connectivity index (χ1n) is 9.76. The van der Waals surface area contributed by atoms with Crippen molar-refractivity contribution < 1.29 is 14.1 Å². The minimum atomic E-state index is -0.680. The summed E-state index contributed by atoms with van der Waals surface area (Å²) in [6.45, 7) is 0. The number of rotatable bonds is 4. The van der Waals surface area contributed by atoms with Crippen molar-refractivity contribution in [3.8, 4) is 0 Å². The van der Waals surface area contributed by atoms with E-state index in [4.69, 9.17) is 4.52 Å². The summed E-state index contributed by atoms with van der Waals surface area (Å²) in [5.41, 5.74) is 2.93. The summed E-state index contributed by atoms with van der Waals surface area (Å²) < 4.78 is 5.32. The second kappa shape index (κ2) is 7.92. The van der Waals surface area contributed by atoms with Crippen LogP contribution in [0.1, 0.15) is 21.8 Å². The lowest BCUT2D eigenvalue weighted by molar-refractivity contribution is -0.119. The van der Waals surface area contributed by atoms with Crippen LogP contribution in [0.3, 0.4) is 0 Å². The molecule has 1 aliphatic rings. The van der Waals surface area contributed by atoms with Crippen molar-refractivity contribution in [3.63, 3.8) is 0 Å². The molecule has 8 nitrogen and oxygen atoms in total. The number of nitrogens with zero attached hydrogens (tertiary/aromatic N) is 3. The number of aromatic nitrogens is 3. The number of anilines is 1. The van der Waals surface area contributed by atoms with Gasteiger partial charge in [0.2, 0.25) is 5.91 Å². The number of carbonyl (C=O) groups is 2. The normalized spacial score (nSPS) is 16.2. The standard InChI is InChI=1S/C22H19N5O3S/c1-27-19-8-14-11-23-25-16(14)10-20(19)31-12-18(22(27)29)24-21(28)17-9-15(30-26-17)7-13-5-3-2-4-6-13/h2-6,8-11,18H,7,12H2,1H3,(H,23,25)(H,24,28)/t18-/m1/s1. The zero-order chi connectivity index (χ0) is 21.4. The Morgan fingerprint density at radius 2 is 2.13 bits per heavy atom. The van der Waals surface area contributed by atoms with Crippen LogP contribution in [0.15, 0.2) is 64.1 Å². The zero-order valence-corrected chi connectivity index (χ0v) is 17.5. The minimum absolute atomic E-state index is 0.160. The number of likely N-dealkylation sites (N-methyl/N-ethyl adjacent to an activating group) is 1. The first kappa shape index (κ1) is 19.4. The summed E-state index contributed by atoms with van der Waals surface area (Å²) in [6.07, 6.45) is 2.26. The molecule has 0 unspecified atom stereocenters. The Bertz CT molecular complexity index is 1270. The molecule has 1 atom stereocenters. The van der Waals surface area contributed by atoms with Crippen molar-refractivity contribution in [2.45, 2.75) is 17.4 Å². The first-order chi connectivity index (χ1) is 15.1. The molecular formula is C22H19N5O3S. The van der Waals surface area contributed by atoms with Gasteiger partial charge in [0.25, 0.3) is 5.91 Å². The van der Waals surface area contributed by atoms with Crippen LogP contribution in [-0.4, -0.2) is 46.0 Å². The van der Waals surface area contributed by atoms with Crippen LogP contribution in [0.25, 0.3) is 10.9 Å². The van der Waals surface area contributed by atoms with E-state index in [0.717, 1.165) is 27.0 Å². The topological polar surface area (TPSA) is 104 Å². The van der Waals surface area contributed by atoms with E-state index in [9.17, 15) is 9.59 Å². The van der Waals surface area contributed by atoms with Gasteiger partial charge in [-0.2, -0.15) is 5.10 Å². The molecule has 31 heavy (non-hydrogen) atoms. The number of hydrogen-bond donors (Lipinski definition) is 2. The van der Waals surface area contributed by atoms with Crippen LogP contribution in [0, 0.1) is 0 Å². The van der Waals surface area contributed by atoms with E-state index >= 15 is 0 Å². The fraction of sp³-hybridized carbons (Fsp3) is 0.182. The Kier molecular flexibility index (Phi) is 4.95. The second-order valence-electron chi connectivity index (χ2n) is 7.35. The molecule has 2 aromatic carbocycles. The van der Waals surface area contributed by atoms with Gasteiger partial charge < -0.3 is 14.7 Å². The fourth-order valence-corrected chi connectivity index (χ4v) is 4.69. The van der Waals surface area contributed by atoms with Crippen molar-refractivity contribution in [2.24, 2.45) is 0 Å². The molecule has 0 radical (unpaired) electrons. The summed E-state index contributed by atoms with van der Waals surface area (Å²) in [7, 11) is 1.71. The third-order valence-electron chi connectivity index (χ3n) is 5.23. The van der Waals surface area contributed by atoms with Crippen molar-refractivity contribution in [2.75, 3.05) is 17.7 Å². The Balaban J connectivity index is 1.31. The van der Waals surface area contributed by atoms with Gasteiger partial charge in [-0.05, 0) is 17.7 Å². The zero-order valence-electron chi connectivity index (χ0n) is 16.7. The molecule has 0 saturated carbocycles. The second-order valence-corrected chi connectivity index (χ2v) is 8.41. The number of nitrogens with one attached hydrogen (secondary N) is 2. The number of H-pyrrole nitrogens is 1. The molecule has 0 spiro atoms. The molecule has 9 heteroatoms. The number of amides is 2. The highest BCUT2D eigenvalue weighted by molar-refractivity contribution is 7.99. The van der Waals surface area contributed by atoms with Gasteiger partial charge in [0.15, 0.2) is 5.69 Å². The maximum absolute atomic E-state index is 13.0. The highest BCUT2D eigenvalue weighted by Crippen LogP contribution is 2.36. The van der Waals surface area contributed by atoms with Crippen LogP contribution in [0.2, 0.25) is 0 Å². The largest absolute Gasteiger partial charge is 0.360 e. The minimum Gasteiger partial charge on any atom is -0.360 e. The molecule has 0 bridgehead atoms. The summed E-state index contributed by atoms with van der Waals surface area (Å²) in [6, 6.07) is 14.6. The number of thioether (sulfide) groups is 1. The van der Waals surface area contributed by atoms with Gasteiger partial charge in [-0.1, -0.05) is 35.5 Å². The molecule has 3 heterocycles. The van der Waals surface area contributed by atoms with Crippen LogP contribution >= 0.6 is 11.8 Å². The van der Waals surface area contributed by atoms with Gasteiger partial charge in [-0.15, -0.1) is 11.8 Å². The monoisotopic (exact) mass is 433 g/mol. The summed E-state index contributed by atoms with van der Waals surface area (Å²) in [4.78, 5) is 28.3. The molecule has 4 aromatic rings. The lowest BCUT2D eigenvalue weighted by atomic mass is 10.1. The summed E-state index contributed by atoms with van der Waals surface area (Å²) >= 11 is 1.52. The Morgan fingerprint density at radius 3 is 2.97 bits per heavy atom. The van der Waals surface area contributed by atoms with E-state index in [1.54, 1.807) is 24.2 Å². The molecule has 0 fully saturated rings. The lowest BCUT2D eigenvalue weighted by Crippen LogP contribution is -2.48. The maximum atomic E-state index is 13.0. The maximum Gasteiger partial charge on any atom is 0.274 e. The van der Waals surface area contributed by atoms with Crippen LogP contribution in [0.5, 0.6) is 0 Å². The van der Waals surface area contributed by atoms with Gasteiger partial charge in [-0.25, -0.2) is 0 Å². The highest BCUT2D eigenvalue weighted by atomic mass is 32.2. The molecule has 1 aliphatic heterocycles. The van der Waals surface area contributed by atoms with E-state index in [1.807, 2.05) is 42.5 Å². The van der Waals surface area contributed by atoms with Gasteiger partial charge in [0, 0.05) is 35.6 Å². The quantitative estimate of drug-likeness (QED) is 0.513. The van der Waals surface area contributed by atoms with Gasteiger partial charge in [0.1, 0.15) is 11.8 Å². The Morgan fingerprint density at radius 1 is 1.29 bits per heavy atom. The first-order valence-corrected chi connectivity index (χ1v) is 10.7. The van der Waals surface area contributed by atoms with Crippen molar-refractivity contribution in [3.05, 3.63) is 71.7 Å². The Labute approximate surface area is 182 Å². The molecule has 2 aromatic heterocycles. The average Bonchev–Trinajstić information content (AvgIpc) is 3.42. The predicted molar refractivity (Wildman–Crippen MR) is 117 cm³/mol. The Hall–Kier alpha value is -3.59. The van der Waals surface area contributed by atoms with E-state index in [1.165, 1.54) is 11.8 Å². The van der Waals surface area contributed by atoms with Crippen LogP contribution < -0.4 is 10.2 Å². The molecule has 156 valence electrons. The van der Waals surface area contributed by atoms with Crippen molar-refractivity contribution >= 4 is 40.2 Å². The number of aromatic amines is 1. The number of hydrogen-bond acceptors (Lipinski definition) is 6. The van der Waals surface area contributed by atoms with Gasteiger partial charge in [0.05, 0.1) is 17.4 Å². The SMILES string of the molecule is CN1C(=O)[C@H](NC(=O)c2cc(Cc3ccccc3)on2)CSc2cc3[nH]ncc3cc21. The fourth-order valence-electron chi connectivity index (χ4n) is 3.57. The molecule has 2 N–H and O–H groups in total. The van der Waals surface area contributed by atoms with E-state index in [0.29, 0.717) is 17.9 Å². The average molecular weight is 433 g/mol. The van der Waals surface area contributed by atoms with Crippen molar-refractivity contribution in [1.82, 2.24) is 20.7 Å². The van der Waals surface area contributed by atoms with Gasteiger partial charge >= 0.3 is 0 Å². The summed E-state index contributed by atoms with van der Waals surface area (Å²) in [5.74, 6) is 0.384. The molecule has 0 saturated heterocycles. The number of fused-ring (bicyclic) bond motifs is 2. The predicted octanol–water partition coefficient (Wildman–Crippen LogP) is 3.01. The van der Waals surface area contributed by atoms with Gasteiger partial charge in [-0.3, -0.25) is 14.7 Å². The van der Waals surface area contributed by atoms with Crippen LogP contribution in [0.4, 0.5) is 5.69 Å². The van der Waals surface area contributed by atoms with E-state index < -0.39 is 11.9 Å². The van der Waals surface area contributed by atoms with Crippen LogP contribution in [-0.2, 0) is 11.2 Å². The summed E-state index contributed by atoms with van der Waals surface area (Å²) in [5, 5.41) is 14.6. The van der Waals surface area contributed by atoms with E-state index in [2.05, 4.69) is 20.7 Å². The highest BCUT2D eigenvalue weighted by Gasteiger charge is 2.31. The molecule has 0 aliphatic carbocycles. The molecule has 2 amide bonds. The number of carbonyl (C=O) groups excluding carboxylic acids is 2. The lowest BCUT2D eigenvalue weighted by Gasteiger charge is -2.21. The number of benzene rings is 2. The molecular weight excluding hydrogens is 414 g/mol.